The number of aryl methyl sites for hydroxylation is 1. The van der Waals surface area contributed by atoms with Crippen LogP contribution in [-0.2, 0) is 16.1 Å². The summed E-state index contributed by atoms with van der Waals surface area (Å²) >= 11 is -1.48. The highest BCUT2D eigenvalue weighted by molar-refractivity contribution is 7.90. The summed E-state index contributed by atoms with van der Waals surface area (Å²) in [5, 5.41) is 19.7. The number of nitro benzene ring substituents is 1. The Hall–Kier alpha value is -4.49. The van der Waals surface area contributed by atoms with E-state index in [-0.39, 0.29) is 23.3 Å². The summed E-state index contributed by atoms with van der Waals surface area (Å²) in [5.41, 5.74) is 2.84. The maximum atomic E-state index is 13.4. The van der Waals surface area contributed by atoms with Gasteiger partial charge in [0.05, 0.1) is 22.8 Å². The van der Waals surface area contributed by atoms with Gasteiger partial charge in [0.1, 0.15) is 29.0 Å². The number of carbonyl (C=O) groups is 1. The molecular formula is C28H26N6O6S. The third-order valence-corrected chi connectivity index (χ3v) is 8.81. The highest BCUT2D eigenvalue weighted by Gasteiger charge is 2.39. The molecule has 0 saturated heterocycles. The number of fused-ring (bicyclic) bond motifs is 3. The van der Waals surface area contributed by atoms with Gasteiger partial charge in [0.2, 0.25) is 5.65 Å². The van der Waals surface area contributed by atoms with Crippen LogP contribution >= 0.6 is 0 Å². The second kappa shape index (κ2) is 10.8. The molecule has 210 valence electrons. The fraction of sp³-hybridized carbons (Fsp3) is 0.286. The summed E-state index contributed by atoms with van der Waals surface area (Å²) < 4.78 is 27.8. The molecule has 5 aromatic rings. The number of carbonyl (C=O) groups excluding carboxylic acids is 1. The molecule has 0 bridgehead atoms. The van der Waals surface area contributed by atoms with Gasteiger partial charge in [-0.15, -0.1) is 14.2 Å². The first kappa shape index (κ1) is 26.7. The van der Waals surface area contributed by atoms with Crippen LogP contribution in [-0.4, -0.2) is 45.3 Å². The fourth-order valence-corrected chi connectivity index (χ4v) is 6.49. The van der Waals surface area contributed by atoms with Crippen LogP contribution in [0, 0.1) is 23.0 Å². The molecule has 13 heteroatoms. The van der Waals surface area contributed by atoms with E-state index in [2.05, 4.69) is 22.1 Å². The molecule has 0 N–H and O–H groups in total. The number of aromatic nitrogens is 5. The summed E-state index contributed by atoms with van der Waals surface area (Å²) in [6, 6.07) is 14.6. The van der Waals surface area contributed by atoms with Crippen LogP contribution in [0.15, 0.2) is 71.9 Å². The first-order valence-electron chi connectivity index (χ1n) is 13.1. The molecular weight excluding hydrogens is 548 g/mol. The molecule has 4 unspecified atom stereocenters. The summed E-state index contributed by atoms with van der Waals surface area (Å²) in [5.74, 6) is 1.01. The van der Waals surface area contributed by atoms with E-state index >= 15 is 0 Å². The molecule has 0 amide bonds. The number of rotatable bonds is 7. The average molecular weight is 575 g/mol. The Bertz CT molecular complexity index is 1740. The standard InChI is InChI=1S/C28H26N6O6S/c1-3-18-14-21(40-28(35)39-20-8-6-19(7-9-20)34(36)37)15-23(18)26-31-30-25-16-29-27-24(33(25)26)12-13-32(27)41(38)22-10-4-17(2)5-11-22/h4-13,16,18,21,23H,3,14-15H2,1-2H3. The highest BCUT2D eigenvalue weighted by atomic mass is 32.2. The fourth-order valence-electron chi connectivity index (χ4n) is 5.42. The lowest BCUT2D eigenvalue weighted by atomic mass is 9.93. The predicted octanol–water partition coefficient (Wildman–Crippen LogP) is 5.35. The smallest absolute Gasteiger partial charge is 0.514 e. The van der Waals surface area contributed by atoms with Gasteiger partial charge in [-0.25, -0.2) is 9.78 Å². The lowest BCUT2D eigenvalue weighted by Crippen LogP contribution is -2.18. The van der Waals surface area contributed by atoms with Crippen molar-refractivity contribution >= 4 is 40.0 Å². The second-order valence-electron chi connectivity index (χ2n) is 10.0. The molecule has 1 aliphatic rings. The van der Waals surface area contributed by atoms with E-state index in [0.717, 1.165) is 23.3 Å². The van der Waals surface area contributed by atoms with Crippen molar-refractivity contribution in [3.63, 3.8) is 0 Å². The Labute approximate surface area is 237 Å². The van der Waals surface area contributed by atoms with Gasteiger partial charge in [0.25, 0.3) is 5.69 Å². The van der Waals surface area contributed by atoms with Crippen molar-refractivity contribution in [1.29, 1.82) is 0 Å². The van der Waals surface area contributed by atoms with E-state index in [9.17, 15) is 19.5 Å². The summed E-state index contributed by atoms with van der Waals surface area (Å²) in [4.78, 5) is 28.1. The SMILES string of the molecule is CCC1CC(OC(=O)Oc2ccc([N+](=O)[O-])cc2)CC1c1nnc2cnc3c(ccn3[S+]([O-])c3ccc(C)cc3)n12. The van der Waals surface area contributed by atoms with Crippen molar-refractivity contribution in [2.45, 2.75) is 50.0 Å². The van der Waals surface area contributed by atoms with E-state index in [1.54, 1.807) is 16.4 Å². The highest BCUT2D eigenvalue weighted by Crippen LogP contribution is 2.43. The lowest BCUT2D eigenvalue weighted by Gasteiger charge is -2.16. The molecule has 12 nitrogen and oxygen atoms in total. The van der Waals surface area contributed by atoms with Gasteiger partial charge in [0.15, 0.2) is 10.5 Å². The zero-order chi connectivity index (χ0) is 28.7. The zero-order valence-electron chi connectivity index (χ0n) is 22.2. The molecule has 2 aromatic carbocycles. The number of benzene rings is 2. The van der Waals surface area contributed by atoms with Crippen LogP contribution in [0.4, 0.5) is 10.5 Å². The molecule has 0 aliphatic heterocycles. The molecule has 0 spiro atoms. The summed E-state index contributed by atoms with van der Waals surface area (Å²) in [6.07, 6.45) is 4.08. The van der Waals surface area contributed by atoms with Gasteiger partial charge in [-0.05, 0) is 56.0 Å². The molecule has 3 aromatic heterocycles. The van der Waals surface area contributed by atoms with Crippen molar-refractivity contribution in [1.82, 2.24) is 23.6 Å². The Balaban J connectivity index is 1.24. The topological polar surface area (TPSA) is 150 Å². The molecule has 0 radical (unpaired) electrons. The number of ether oxygens (including phenoxy) is 2. The Morgan fingerprint density at radius 2 is 1.85 bits per heavy atom. The maximum Gasteiger partial charge on any atom is 0.514 e. The molecule has 3 heterocycles. The third-order valence-electron chi connectivity index (χ3n) is 7.48. The van der Waals surface area contributed by atoms with Crippen LogP contribution in [0.25, 0.3) is 16.8 Å². The van der Waals surface area contributed by atoms with Gasteiger partial charge in [0, 0.05) is 18.1 Å². The van der Waals surface area contributed by atoms with E-state index < -0.39 is 28.5 Å². The number of hydrogen-bond acceptors (Lipinski definition) is 9. The Kier molecular flexibility index (Phi) is 7.05. The quantitative estimate of drug-likeness (QED) is 0.0823. The van der Waals surface area contributed by atoms with E-state index in [1.165, 1.54) is 24.3 Å². The maximum absolute atomic E-state index is 13.4. The van der Waals surface area contributed by atoms with Crippen LogP contribution < -0.4 is 4.74 Å². The molecule has 41 heavy (non-hydrogen) atoms. The zero-order valence-corrected chi connectivity index (χ0v) is 23.1. The predicted molar refractivity (Wildman–Crippen MR) is 149 cm³/mol. The molecule has 4 atom stereocenters. The van der Waals surface area contributed by atoms with Crippen LogP contribution in [0.1, 0.15) is 43.5 Å². The summed E-state index contributed by atoms with van der Waals surface area (Å²) in [7, 11) is 0. The van der Waals surface area contributed by atoms with E-state index in [1.807, 2.05) is 41.7 Å². The Morgan fingerprint density at radius 1 is 1.10 bits per heavy atom. The monoisotopic (exact) mass is 574 g/mol. The van der Waals surface area contributed by atoms with Crippen LogP contribution in [0.3, 0.4) is 0 Å². The third kappa shape index (κ3) is 5.09. The van der Waals surface area contributed by atoms with Gasteiger partial charge in [-0.2, -0.15) is 0 Å². The van der Waals surface area contributed by atoms with Gasteiger partial charge >= 0.3 is 6.16 Å². The minimum Gasteiger partial charge on any atom is -0.587 e. The largest absolute Gasteiger partial charge is 0.587 e. The number of nitro groups is 1. The van der Waals surface area contributed by atoms with Crippen molar-refractivity contribution < 1.29 is 23.7 Å². The van der Waals surface area contributed by atoms with Crippen molar-refractivity contribution in [3.8, 4) is 5.75 Å². The van der Waals surface area contributed by atoms with Crippen LogP contribution in [0.5, 0.6) is 5.75 Å². The first-order chi connectivity index (χ1) is 19.8. The number of nitrogens with zero attached hydrogens (tertiary/aromatic N) is 6. The molecule has 6 rings (SSSR count). The van der Waals surface area contributed by atoms with Crippen molar-refractivity contribution in [3.05, 3.63) is 88.5 Å². The molecule has 1 saturated carbocycles. The van der Waals surface area contributed by atoms with Gasteiger partial charge in [-0.3, -0.25) is 14.5 Å². The lowest BCUT2D eigenvalue weighted by molar-refractivity contribution is -0.384. The second-order valence-corrected chi connectivity index (χ2v) is 11.4. The first-order valence-corrected chi connectivity index (χ1v) is 14.3. The number of non-ortho nitro benzene ring substituents is 1. The average Bonchev–Trinajstić information content (AvgIpc) is 3.69. The van der Waals surface area contributed by atoms with Crippen molar-refractivity contribution in [2.75, 3.05) is 0 Å². The van der Waals surface area contributed by atoms with Crippen molar-refractivity contribution in [2.24, 2.45) is 5.92 Å². The van der Waals surface area contributed by atoms with Crippen LogP contribution in [0.2, 0.25) is 0 Å². The van der Waals surface area contributed by atoms with E-state index in [4.69, 9.17) is 9.47 Å². The Morgan fingerprint density at radius 3 is 2.56 bits per heavy atom. The normalized spacial score (nSPS) is 19.4. The number of hydrogen-bond donors (Lipinski definition) is 0. The summed E-state index contributed by atoms with van der Waals surface area (Å²) in [6.45, 7) is 4.06. The minimum atomic E-state index is -1.48. The van der Waals surface area contributed by atoms with E-state index in [0.29, 0.717) is 29.0 Å². The molecule has 1 aliphatic carbocycles. The van der Waals surface area contributed by atoms with Gasteiger partial charge in [-0.1, -0.05) is 31.0 Å². The van der Waals surface area contributed by atoms with Gasteiger partial charge < -0.3 is 14.0 Å². The minimum absolute atomic E-state index is 0.0521. The molecule has 1 fully saturated rings.